The van der Waals surface area contributed by atoms with Gasteiger partial charge in [0.1, 0.15) is 6.42 Å². The van der Waals surface area contributed by atoms with Gasteiger partial charge in [0, 0.05) is 50.9 Å². The van der Waals surface area contributed by atoms with Crippen LogP contribution in [-0.4, -0.2) is 45.2 Å². The van der Waals surface area contributed by atoms with E-state index in [1.807, 2.05) is 86.5 Å². The number of aliphatic carboxylic acids is 1. The molecule has 2 aromatic carbocycles. The topological polar surface area (TPSA) is 64.1 Å². The van der Waals surface area contributed by atoms with Crippen molar-refractivity contribution in [2.75, 3.05) is 42.9 Å². The van der Waals surface area contributed by atoms with E-state index in [0.717, 1.165) is 11.4 Å². The number of benzene rings is 2. The van der Waals surface area contributed by atoms with E-state index in [4.69, 9.17) is 5.11 Å². The van der Waals surface area contributed by atoms with Gasteiger partial charge in [-0.1, -0.05) is 0 Å². The van der Waals surface area contributed by atoms with Crippen LogP contribution in [0.5, 0.6) is 0 Å². The number of carboxylic acid groups (broad SMARTS) is 1. The molecular weight excluding hydrogens is 318 g/mol. The highest BCUT2D eigenvalue weighted by Crippen LogP contribution is 2.29. The normalized spacial score (nSPS) is 10.2. The van der Waals surface area contributed by atoms with E-state index in [-0.39, 0.29) is 0 Å². The maximum Gasteiger partial charge on any atom is 0.312 e. The van der Waals surface area contributed by atoms with Gasteiger partial charge in [-0.3, -0.25) is 14.5 Å². The van der Waals surface area contributed by atoms with E-state index in [1.54, 1.807) is 0 Å². The first-order chi connectivity index (χ1) is 11.8. The molecule has 0 bridgehead atoms. The molecule has 25 heavy (non-hydrogen) atoms. The van der Waals surface area contributed by atoms with Crippen LogP contribution >= 0.6 is 0 Å². The van der Waals surface area contributed by atoms with Crippen molar-refractivity contribution in [1.29, 1.82) is 0 Å². The van der Waals surface area contributed by atoms with Crippen molar-refractivity contribution < 1.29 is 14.7 Å². The molecule has 0 saturated carbocycles. The van der Waals surface area contributed by atoms with Crippen molar-refractivity contribution >= 4 is 34.6 Å². The third-order valence-electron chi connectivity index (χ3n) is 3.80. The number of hydrogen-bond donors (Lipinski definition) is 1. The summed E-state index contributed by atoms with van der Waals surface area (Å²) in [6.07, 6.45) is -0.565. The van der Waals surface area contributed by atoms with Crippen LogP contribution in [0, 0.1) is 0 Å². The average molecular weight is 341 g/mol. The van der Waals surface area contributed by atoms with E-state index in [0.29, 0.717) is 11.4 Å². The fourth-order valence-corrected chi connectivity index (χ4v) is 2.45. The fraction of sp³-hybridized carbons (Fsp3) is 0.263. The zero-order valence-electron chi connectivity index (χ0n) is 14.9. The highest BCUT2D eigenvalue weighted by atomic mass is 16.4. The van der Waals surface area contributed by atoms with Crippen LogP contribution in [0.3, 0.4) is 0 Å². The summed E-state index contributed by atoms with van der Waals surface area (Å²) in [6, 6.07) is 14.8. The fourth-order valence-electron chi connectivity index (χ4n) is 2.45. The smallest absolute Gasteiger partial charge is 0.312 e. The van der Waals surface area contributed by atoms with Gasteiger partial charge in [-0.2, -0.15) is 0 Å². The maximum absolute atomic E-state index is 12.5. The highest BCUT2D eigenvalue weighted by Gasteiger charge is 2.20. The van der Waals surface area contributed by atoms with Crippen molar-refractivity contribution in [3.63, 3.8) is 0 Å². The number of anilines is 4. The zero-order valence-corrected chi connectivity index (χ0v) is 14.9. The Morgan fingerprint density at radius 3 is 1.32 bits per heavy atom. The van der Waals surface area contributed by atoms with Gasteiger partial charge >= 0.3 is 5.97 Å². The SMILES string of the molecule is CN(C)c1ccc(N(C(=O)CC(=O)O)c2ccc(N(C)C)cc2)cc1. The first-order valence-electron chi connectivity index (χ1n) is 7.89. The van der Waals surface area contributed by atoms with Crippen molar-refractivity contribution in [1.82, 2.24) is 0 Å². The molecule has 132 valence electrons. The molecular formula is C19H23N3O3. The van der Waals surface area contributed by atoms with Crippen LogP contribution in [-0.2, 0) is 9.59 Å². The summed E-state index contributed by atoms with van der Waals surface area (Å²) in [6.45, 7) is 0. The Balaban J connectivity index is 2.42. The first-order valence-corrected chi connectivity index (χ1v) is 7.89. The standard InChI is InChI=1S/C19H23N3O3/c1-20(2)14-5-9-16(10-6-14)22(18(23)13-19(24)25)17-11-7-15(8-12-17)21(3)4/h5-12H,13H2,1-4H3,(H,24,25). The van der Waals surface area contributed by atoms with Crippen molar-refractivity contribution in [2.24, 2.45) is 0 Å². The number of carbonyl (C=O) groups is 2. The molecule has 0 saturated heterocycles. The highest BCUT2D eigenvalue weighted by molar-refractivity contribution is 6.07. The predicted octanol–water partition coefficient (Wildman–Crippen LogP) is 2.96. The number of amides is 1. The Hall–Kier alpha value is -3.02. The average Bonchev–Trinajstić information content (AvgIpc) is 2.55. The summed E-state index contributed by atoms with van der Waals surface area (Å²) in [7, 11) is 7.73. The summed E-state index contributed by atoms with van der Waals surface area (Å²) in [5, 5.41) is 9.00. The molecule has 0 heterocycles. The minimum Gasteiger partial charge on any atom is -0.481 e. The Kier molecular flexibility index (Phi) is 5.64. The molecule has 0 spiro atoms. The summed E-state index contributed by atoms with van der Waals surface area (Å²) < 4.78 is 0. The molecule has 0 fully saturated rings. The Morgan fingerprint density at radius 1 is 0.720 bits per heavy atom. The van der Waals surface area contributed by atoms with E-state index < -0.39 is 18.3 Å². The maximum atomic E-state index is 12.5. The van der Waals surface area contributed by atoms with E-state index in [1.165, 1.54) is 4.90 Å². The van der Waals surface area contributed by atoms with Gasteiger partial charge in [0.2, 0.25) is 5.91 Å². The van der Waals surface area contributed by atoms with E-state index >= 15 is 0 Å². The van der Waals surface area contributed by atoms with Gasteiger partial charge in [-0.25, -0.2) is 0 Å². The molecule has 2 rings (SSSR count). The quantitative estimate of drug-likeness (QED) is 0.819. The van der Waals surface area contributed by atoms with Gasteiger partial charge in [0.25, 0.3) is 0 Å². The molecule has 0 aliphatic heterocycles. The molecule has 2 aromatic rings. The second-order valence-electron chi connectivity index (χ2n) is 6.12. The molecule has 0 aliphatic rings. The van der Waals surface area contributed by atoms with Crippen LogP contribution in [0.4, 0.5) is 22.7 Å². The van der Waals surface area contributed by atoms with Gasteiger partial charge in [0.05, 0.1) is 0 Å². The third kappa shape index (κ3) is 4.50. The molecule has 0 aliphatic carbocycles. The molecule has 0 unspecified atom stereocenters. The number of hydrogen-bond acceptors (Lipinski definition) is 4. The molecule has 0 atom stereocenters. The Labute approximate surface area is 147 Å². The van der Waals surface area contributed by atoms with E-state index in [9.17, 15) is 9.59 Å². The minimum absolute atomic E-state index is 0.484. The number of carbonyl (C=O) groups excluding carboxylic acids is 1. The lowest BCUT2D eigenvalue weighted by Gasteiger charge is -2.24. The molecule has 1 amide bonds. The van der Waals surface area contributed by atoms with Crippen LogP contribution < -0.4 is 14.7 Å². The summed E-state index contributed by atoms with van der Waals surface area (Å²) >= 11 is 0. The Bertz CT molecular complexity index is 686. The lowest BCUT2D eigenvalue weighted by Crippen LogP contribution is -2.28. The molecule has 0 aromatic heterocycles. The van der Waals surface area contributed by atoms with Gasteiger partial charge in [-0.05, 0) is 48.5 Å². The summed E-state index contributed by atoms with van der Waals surface area (Å²) in [4.78, 5) is 28.9. The second kappa shape index (κ2) is 7.70. The first kappa shape index (κ1) is 18.3. The van der Waals surface area contributed by atoms with E-state index in [2.05, 4.69) is 0 Å². The van der Waals surface area contributed by atoms with Gasteiger partial charge < -0.3 is 14.9 Å². The zero-order chi connectivity index (χ0) is 18.6. The van der Waals surface area contributed by atoms with Gasteiger partial charge in [0.15, 0.2) is 0 Å². The lowest BCUT2D eigenvalue weighted by molar-refractivity contribution is -0.139. The van der Waals surface area contributed by atoms with Crippen LogP contribution in [0.1, 0.15) is 6.42 Å². The van der Waals surface area contributed by atoms with Crippen LogP contribution in [0.2, 0.25) is 0 Å². The van der Waals surface area contributed by atoms with Crippen LogP contribution in [0.15, 0.2) is 48.5 Å². The predicted molar refractivity (Wildman–Crippen MR) is 101 cm³/mol. The Morgan fingerprint density at radius 2 is 1.04 bits per heavy atom. The largest absolute Gasteiger partial charge is 0.481 e. The van der Waals surface area contributed by atoms with Crippen molar-refractivity contribution in [2.45, 2.75) is 6.42 Å². The number of carboxylic acids is 1. The number of nitrogens with zero attached hydrogens (tertiary/aromatic N) is 3. The monoisotopic (exact) mass is 341 g/mol. The van der Waals surface area contributed by atoms with Gasteiger partial charge in [-0.15, -0.1) is 0 Å². The molecule has 6 heteroatoms. The third-order valence-corrected chi connectivity index (χ3v) is 3.80. The summed E-state index contributed by atoms with van der Waals surface area (Å²) in [5.41, 5.74) is 3.26. The second-order valence-corrected chi connectivity index (χ2v) is 6.12. The molecule has 6 nitrogen and oxygen atoms in total. The minimum atomic E-state index is -1.15. The number of rotatable bonds is 6. The van der Waals surface area contributed by atoms with Crippen LogP contribution in [0.25, 0.3) is 0 Å². The molecule has 0 radical (unpaired) electrons. The van der Waals surface area contributed by atoms with Crippen molar-refractivity contribution in [3.8, 4) is 0 Å². The lowest BCUT2D eigenvalue weighted by atomic mass is 10.2. The molecule has 1 N–H and O–H groups in total. The van der Waals surface area contributed by atoms with Crippen molar-refractivity contribution in [3.05, 3.63) is 48.5 Å². The summed E-state index contributed by atoms with van der Waals surface area (Å²) in [5.74, 6) is -1.63.